The molecule has 0 aromatic rings. The van der Waals surface area contributed by atoms with Crippen molar-refractivity contribution in [3.63, 3.8) is 0 Å². The summed E-state index contributed by atoms with van der Waals surface area (Å²) in [6, 6.07) is 0. The molecule has 0 spiro atoms. The highest BCUT2D eigenvalue weighted by Gasteiger charge is 2.30. The second-order valence-corrected chi connectivity index (χ2v) is 2.18. The molecule has 0 heterocycles. The summed E-state index contributed by atoms with van der Waals surface area (Å²) in [5, 5.41) is 0. The molecular formula is C7H10O2. The number of ether oxygens (including phenoxy) is 1. The molecule has 0 amide bonds. The zero-order valence-corrected chi connectivity index (χ0v) is 5.46. The summed E-state index contributed by atoms with van der Waals surface area (Å²) in [4.78, 5) is 10.7. The molecule has 0 aromatic carbocycles. The molecule has 1 fully saturated rings. The Bertz CT molecular complexity index is 134. The van der Waals surface area contributed by atoms with Crippen molar-refractivity contribution >= 4 is 5.97 Å². The zero-order chi connectivity index (χ0) is 6.69. The molecule has 0 bridgehead atoms. The first-order chi connectivity index (χ1) is 4.34. The second-order valence-electron chi connectivity index (χ2n) is 2.18. The van der Waals surface area contributed by atoms with Gasteiger partial charge in [0.2, 0.25) is 0 Å². The number of allylic oxidation sites excluding steroid dienone is 1. The summed E-state index contributed by atoms with van der Waals surface area (Å²) in [5.74, 6) is 0.134. The van der Waals surface area contributed by atoms with Gasteiger partial charge in [-0.05, 0) is 19.8 Å². The van der Waals surface area contributed by atoms with Crippen molar-refractivity contribution in [1.29, 1.82) is 0 Å². The van der Waals surface area contributed by atoms with Crippen LogP contribution in [0, 0.1) is 5.92 Å². The SMILES string of the molecule is C/C=C/OC(=O)C1CC1. The third-order valence-electron chi connectivity index (χ3n) is 1.23. The molecule has 50 valence electrons. The van der Waals surface area contributed by atoms with Crippen LogP contribution in [0.25, 0.3) is 0 Å². The van der Waals surface area contributed by atoms with Gasteiger partial charge in [-0.1, -0.05) is 6.08 Å². The normalized spacial score (nSPS) is 18.3. The van der Waals surface area contributed by atoms with Crippen molar-refractivity contribution in [1.82, 2.24) is 0 Å². The molecule has 1 saturated carbocycles. The third-order valence-corrected chi connectivity index (χ3v) is 1.23. The van der Waals surface area contributed by atoms with E-state index < -0.39 is 0 Å². The van der Waals surface area contributed by atoms with Gasteiger partial charge in [0, 0.05) is 0 Å². The van der Waals surface area contributed by atoms with E-state index in [1.807, 2.05) is 6.92 Å². The highest BCUT2D eigenvalue weighted by molar-refractivity contribution is 5.75. The van der Waals surface area contributed by atoms with Crippen LogP contribution in [0.5, 0.6) is 0 Å². The highest BCUT2D eigenvalue weighted by atomic mass is 16.5. The van der Waals surface area contributed by atoms with E-state index in [4.69, 9.17) is 4.74 Å². The van der Waals surface area contributed by atoms with Crippen molar-refractivity contribution in [2.24, 2.45) is 5.92 Å². The van der Waals surface area contributed by atoms with Gasteiger partial charge in [-0.3, -0.25) is 4.79 Å². The first-order valence-corrected chi connectivity index (χ1v) is 3.16. The summed E-state index contributed by atoms with van der Waals surface area (Å²) in [6.07, 6.45) is 5.16. The van der Waals surface area contributed by atoms with Gasteiger partial charge in [0.05, 0.1) is 12.2 Å². The molecular weight excluding hydrogens is 116 g/mol. The number of rotatable bonds is 2. The molecule has 0 aromatic heterocycles. The number of carbonyl (C=O) groups is 1. The zero-order valence-electron chi connectivity index (χ0n) is 5.46. The van der Waals surface area contributed by atoms with Gasteiger partial charge >= 0.3 is 5.97 Å². The van der Waals surface area contributed by atoms with Gasteiger partial charge in [0.25, 0.3) is 0 Å². The van der Waals surface area contributed by atoms with Crippen molar-refractivity contribution in [2.75, 3.05) is 0 Å². The molecule has 1 aliphatic carbocycles. The topological polar surface area (TPSA) is 26.3 Å². The van der Waals surface area contributed by atoms with E-state index in [2.05, 4.69) is 0 Å². The van der Waals surface area contributed by atoms with E-state index in [9.17, 15) is 4.79 Å². The molecule has 0 aliphatic heterocycles. The Morgan fingerprint density at radius 2 is 2.33 bits per heavy atom. The van der Waals surface area contributed by atoms with Crippen LogP contribution in [-0.2, 0) is 9.53 Å². The van der Waals surface area contributed by atoms with Crippen LogP contribution in [0.1, 0.15) is 19.8 Å². The van der Waals surface area contributed by atoms with Crippen LogP contribution in [0.2, 0.25) is 0 Å². The van der Waals surface area contributed by atoms with E-state index in [1.54, 1.807) is 6.08 Å². The van der Waals surface area contributed by atoms with E-state index in [1.165, 1.54) is 6.26 Å². The molecule has 0 radical (unpaired) electrons. The van der Waals surface area contributed by atoms with E-state index in [0.29, 0.717) is 0 Å². The molecule has 9 heavy (non-hydrogen) atoms. The highest BCUT2D eigenvalue weighted by Crippen LogP contribution is 2.29. The Hall–Kier alpha value is -0.790. The maximum Gasteiger partial charge on any atom is 0.313 e. The first kappa shape index (κ1) is 6.33. The Balaban J connectivity index is 2.18. The van der Waals surface area contributed by atoms with Gasteiger partial charge in [-0.25, -0.2) is 0 Å². The van der Waals surface area contributed by atoms with Crippen LogP contribution in [0.3, 0.4) is 0 Å². The summed E-state index contributed by atoms with van der Waals surface area (Å²) in [5.41, 5.74) is 0. The minimum absolute atomic E-state index is 0.0758. The predicted octanol–water partition coefficient (Wildman–Crippen LogP) is 1.47. The van der Waals surface area contributed by atoms with Gasteiger partial charge in [0.15, 0.2) is 0 Å². The van der Waals surface area contributed by atoms with Crippen LogP contribution < -0.4 is 0 Å². The lowest BCUT2D eigenvalue weighted by Gasteiger charge is -1.92. The largest absolute Gasteiger partial charge is 0.435 e. The van der Waals surface area contributed by atoms with Crippen LogP contribution in [-0.4, -0.2) is 5.97 Å². The predicted molar refractivity (Wildman–Crippen MR) is 33.6 cm³/mol. The monoisotopic (exact) mass is 126 g/mol. The summed E-state index contributed by atoms with van der Waals surface area (Å²) < 4.78 is 4.70. The van der Waals surface area contributed by atoms with Gasteiger partial charge in [-0.2, -0.15) is 0 Å². The smallest absolute Gasteiger partial charge is 0.313 e. The quantitative estimate of drug-likeness (QED) is 0.413. The minimum atomic E-state index is -0.0758. The molecule has 1 aliphatic rings. The fourth-order valence-corrected chi connectivity index (χ4v) is 0.550. The van der Waals surface area contributed by atoms with E-state index >= 15 is 0 Å². The van der Waals surface area contributed by atoms with Crippen molar-refractivity contribution in [2.45, 2.75) is 19.8 Å². The van der Waals surface area contributed by atoms with Gasteiger partial charge < -0.3 is 4.74 Å². The first-order valence-electron chi connectivity index (χ1n) is 3.16. The molecule has 1 rings (SSSR count). The summed E-state index contributed by atoms with van der Waals surface area (Å²) >= 11 is 0. The lowest BCUT2D eigenvalue weighted by molar-refractivity contribution is -0.139. The minimum Gasteiger partial charge on any atom is -0.435 e. The fraction of sp³-hybridized carbons (Fsp3) is 0.571. The average molecular weight is 126 g/mol. The van der Waals surface area contributed by atoms with Crippen LogP contribution >= 0.6 is 0 Å². The lowest BCUT2D eigenvalue weighted by Crippen LogP contribution is -2.00. The van der Waals surface area contributed by atoms with Crippen LogP contribution in [0.15, 0.2) is 12.3 Å². The lowest BCUT2D eigenvalue weighted by atomic mass is 10.4. The molecule has 2 heteroatoms. The standard InChI is InChI=1S/C7H10O2/c1-2-5-9-7(8)6-3-4-6/h2,5-6H,3-4H2,1H3/b5-2+. The van der Waals surface area contributed by atoms with Crippen molar-refractivity contribution < 1.29 is 9.53 Å². The number of hydrogen-bond acceptors (Lipinski definition) is 2. The Morgan fingerprint density at radius 3 is 2.78 bits per heavy atom. The molecule has 0 atom stereocenters. The molecule has 2 nitrogen and oxygen atoms in total. The molecule has 0 N–H and O–H groups in total. The van der Waals surface area contributed by atoms with Crippen molar-refractivity contribution in [3.8, 4) is 0 Å². The average Bonchev–Trinajstić information content (AvgIpc) is 2.63. The fourth-order valence-electron chi connectivity index (χ4n) is 0.550. The molecule has 0 unspecified atom stereocenters. The maximum atomic E-state index is 10.7. The van der Waals surface area contributed by atoms with Crippen molar-refractivity contribution in [3.05, 3.63) is 12.3 Å². The Labute approximate surface area is 54.5 Å². The van der Waals surface area contributed by atoms with E-state index in [0.717, 1.165) is 12.8 Å². The van der Waals surface area contributed by atoms with Gasteiger partial charge in [0.1, 0.15) is 0 Å². The van der Waals surface area contributed by atoms with Gasteiger partial charge in [-0.15, -0.1) is 0 Å². The number of hydrogen-bond donors (Lipinski definition) is 0. The Kier molecular flexibility index (Phi) is 1.88. The third kappa shape index (κ3) is 1.88. The molecule has 0 saturated heterocycles. The Morgan fingerprint density at radius 1 is 1.67 bits per heavy atom. The number of carbonyl (C=O) groups excluding carboxylic acids is 1. The summed E-state index contributed by atoms with van der Waals surface area (Å²) in [6.45, 7) is 1.82. The summed E-state index contributed by atoms with van der Waals surface area (Å²) in [7, 11) is 0. The van der Waals surface area contributed by atoms with Crippen LogP contribution in [0.4, 0.5) is 0 Å². The second kappa shape index (κ2) is 2.67. The maximum absolute atomic E-state index is 10.7. The number of esters is 1. The van der Waals surface area contributed by atoms with E-state index in [-0.39, 0.29) is 11.9 Å².